The number of morpholine rings is 1. The molecule has 0 saturated carbocycles. The van der Waals surface area contributed by atoms with Gasteiger partial charge in [-0.05, 0) is 45.4 Å². The quantitative estimate of drug-likeness (QED) is 0.277. The van der Waals surface area contributed by atoms with Gasteiger partial charge in [-0.25, -0.2) is 4.99 Å². The number of methoxy groups -OCH3 is 1. The van der Waals surface area contributed by atoms with Crippen LogP contribution in [0.3, 0.4) is 0 Å². The topological polar surface area (TPSA) is 67.4 Å². The highest BCUT2D eigenvalue weighted by molar-refractivity contribution is 14.0. The lowest BCUT2D eigenvalue weighted by molar-refractivity contribution is -0.00834. The minimum atomic E-state index is 0. The fourth-order valence-corrected chi connectivity index (χ4v) is 3.53. The van der Waals surface area contributed by atoms with Crippen LogP contribution >= 0.6 is 35.6 Å². The molecule has 7 nitrogen and oxygen atoms in total. The lowest BCUT2D eigenvalue weighted by atomic mass is 10.0. The van der Waals surface area contributed by atoms with Gasteiger partial charge in [0.05, 0.1) is 38.5 Å². The molecule has 1 saturated heterocycles. The fourth-order valence-electron chi connectivity index (χ4n) is 3.24. The van der Waals surface area contributed by atoms with Gasteiger partial charge >= 0.3 is 0 Å². The summed E-state index contributed by atoms with van der Waals surface area (Å²) in [5, 5.41) is 7.31. The van der Waals surface area contributed by atoms with Gasteiger partial charge in [0.15, 0.2) is 17.5 Å². The normalized spacial score (nSPS) is 15.3. The monoisotopic (exact) mass is 554 g/mol. The number of ether oxygens (including phenoxy) is 3. The van der Waals surface area contributed by atoms with E-state index >= 15 is 0 Å². The van der Waals surface area contributed by atoms with Crippen LogP contribution in [0.1, 0.15) is 33.3 Å². The molecule has 9 heteroatoms. The zero-order valence-electron chi connectivity index (χ0n) is 18.7. The van der Waals surface area contributed by atoms with Crippen LogP contribution in [-0.4, -0.2) is 69.5 Å². The molecule has 1 heterocycles. The summed E-state index contributed by atoms with van der Waals surface area (Å²) in [4.78, 5) is 7.17. The van der Waals surface area contributed by atoms with Crippen LogP contribution in [0.25, 0.3) is 0 Å². The molecule has 0 spiro atoms. The number of rotatable bonds is 9. The first-order valence-electron chi connectivity index (χ1n) is 10.3. The first kappa shape index (κ1) is 27.1. The summed E-state index contributed by atoms with van der Waals surface area (Å²) in [6, 6.07) is 3.79. The second-order valence-corrected chi connectivity index (χ2v) is 7.91. The Morgan fingerprint density at radius 2 is 1.93 bits per heavy atom. The Hall–Kier alpha value is -0.970. The first-order chi connectivity index (χ1) is 13.9. The van der Waals surface area contributed by atoms with Gasteiger partial charge in [0.25, 0.3) is 0 Å². The van der Waals surface area contributed by atoms with Gasteiger partial charge in [0.1, 0.15) is 0 Å². The Morgan fingerprint density at radius 1 is 1.23 bits per heavy atom. The molecule has 0 bridgehead atoms. The van der Waals surface area contributed by atoms with E-state index in [1.54, 1.807) is 7.11 Å². The molecule has 0 aromatic heterocycles. The van der Waals surface area contributed by atoms with Crippen molar-refractivity contribution in [2.45, 2.75) is 39.8 Å². The van der Waals surface area contributed by atoms with Crippen molar-refractivity contribution < 1.29 is 14.2 Å². The van der Waals surface area contributed by atoms with Gasteiger partial charge < -0.3 is 24.8 Å². The molecule has 0 unspecified atom stereocenters. The number of guanidine groups is 1. The highest BCUT2D eigenvalue weighted by Gasteiger charge is 2.28. The Bertz CT molecular complexity index is 682. The van der Waals surface area contributed by atoms with Gasteiger partial charge in [0.2, 0.25) is 0 Å². The number of aliphatic imine (C=N–C) groups is 1. The molecule has 0 aliphatic carbocycles. The lowest BCUT2D eigenvalue weighted by Crippen LogP contribution is -2.56. The second-order valence-electron chi connectivity index (χ2n) is 7.50. The summed E-state index contributed by atoms with van der Waals surface area (Å²) in [5.74, 6) is 1.97. The van der Waals surface area contributed by atoms with Crippen molar-refractivity contribution in [1.82, 2.24) is 15.5 Å². The number of halogens is 2. The first-order valence-corrected chi connectivity index (χ1v) is 10.6. The largest absolute Gasteiger partial charge is 0.493 e. The maximum absolute atomic E-state index is 6.38. The smallest absolute Gasteiger partial charge is 0.191 e. The average molecular weight is 555 g/mol. The third-order valence-corrected chi connectivity index (χ3v) is 5.18. The molecular formula is C21H36ClIN4O3. The summed E-state index contributed by atoms with van der Waals surface area (Å²) >= 11 is 6.38. The van der Waals surface area contributed by atoms with Crippen LogP contribution in [0.2, 0.25) is 5.02 Å². The summed E-state index contributed by atoms with van der Waals surface area (Å²) in [6.45, 7) is 14.5. The third kappa shape index (κ3) is 7.94. The van der Waals surface area contributed by atoms with E-state index in [4.69, 9.17) is 30.8 Å². The van der Waals surface area contributed by atoms with Gasteiger partial charge in [-0.3, -0.25) is 4.90 Å². The van der Waals surface area contributed by atoms with Crippen molar-refractivity contribution in [2.75, 3.05) is 53.1 Å². The Balaban J connectivity index is 0.00000450. The molecular weight excluding hydrogens is 519 g/mol. The van der Waals surface area contributed by atoms with E-state index < -0.39 is 0 Å². The molecule has 1 aliphatic heterocycles. The van der Waals surface area contributed by atoms with Crippen molar-refractivity contribution >= 4 is 41.5 Å². The highest BCUT2D eigenvalue weighted by atomic mass is 127. The lowest BCUT2D eigenvalue weighted by Gasteiger charge is -2.41. The number of hydrogen-bond acceptors (Lipinski definition) is 5. The minimum Gasteiger partial charge on any atom is -0.493 e. The molecule has 0 atom stereocenters. The molecule has 1 aromatic carbocycles. The van der Waals surface area contributed by atoms with Crippen molar-refractivity contribution in [3.8, 4) is 11.5 Å². The van der Waals surface area contributed by atoms with Gasteiger partial charge in [-0.2, -0.15) is 0 Å². The van der Waals surface area contributed by atoms with E-state index in [1.807, 2.05) is 19.1 Å². The van der Waals surface area contributed by atoms with E-state index in [-0.39, 0.29) is 29.5 Å². The average Bonchev–Trinajstić information content (AvgIpc) is 2.72. The minimum absolute atomic E-state index is 0. The SMILES string of the molecule is CCNC(=NCc1cc(Cl)c(OCC)c(OC)c1)NCC(C)(C)N1CCOCC1.I. The van der Waals surface area contributed by atoms with E-state index in [9.17, 15) is 0 Å². The molecule has 0 radical (unpaired) electrons. The summed E-state index contributed by atoms with van der Waals surface area (Å²) < 4.78 is 16.5. The molecule has 30 heavy (non-hydrogen) atoms. The standard InChI is InChI=1S/C21H35ClN4O3.HI/c1-6-23-20(25-15-21(3,4)26-8-10-28-11-9-26)24-14-16-12-17(22)19(29-7-2)18(13-16)27-5;/h12-13H,6-11,14-15H2,1-5H3,(H2,23,24,25);1H. The summed E-state index contributed by atoms with van der Waals surface area (Å²) in [5.41, 5.74) is 0.964. The van der Waals surface area contributed by atoms with Crippen molar-refractivity contribution in [1.29, 1.82) is 0 Å². The van der Waals surface area contributed by atoms with Gasteiger partial charge in [0, 0.05) is 31.7 Å². The van der Waals surface area contributed by atoms with Crippen LogP contribution in [0.15, 0.2) is 17.1 Å². The molecule has 2 N–H and O–H groups in total. The van der Waals surface area contributed by atoms with E-state index in [1.165, 1.54) is 0 Å². The van der Waals surface area contributed by atoms with E-state index in [0.29, 0.717) is 29.7 Å². The number of benzene rings is 1. The Morgan fingerprint density at radius 3 is 2.53 bits per heavy atom. The fraction of sp³-hybridized carbons (Fsp3) is 0.667. The highest BCUT2D eigenvalue weighted by Crippen LogP contribution is 2.36. The van der Waals surface area contributed by atoms with Gasteiger partial charge in [-0.1, -0.05) is 11.6 Å². The van der Waals surface area contributed by atoms with Crippen LogP contribution in [0.4, 0.5) is 0 Å². The molecule has 1 aromatic rings. The second kappa shape index (κ2) is 13.4. The number of nitrogens with zero attached hydrogens (tertiary/aromatic N) is 2. The van der Waals surface area contributed by atoms with Crippen molar-refractivity contribution in [3.05, 3.63) is 22.7 Å². The molecule has 2 rings (SSSR count). The predicted molar refractivity (Wildman–Crippen MR) is 134 cm³/mol. The Kier molecular flexibility index (Phi) is 12.1. The maximum atomic E-state index is 6.38. The van der Waals surface area contributed by atoms with Crippen molar-refractivity contribution in [3.63, 3.8) is 0 Å². The van der Waals surface area contributed by atoms with Crippen molar-refractivity contribution in [2.24, 2.45) is 4.99 Å². The van der Waals surface area contributed by atoms with Crippen LogP contribution in [0, 0.1) is 0 Å². The zero-order valence-corrected chi connectivity index (χ0v) is 21.8. The van der Waals surface area contributed by atoms with E-state index in [2.05, 4.69) is 36.3 Å². The number of hydrogen-bond donors (Lipinski definition) is 2. The number of nitrogens with one attached hydrogen (secondary N) is 2. The third-order valence-electron chi connectivity index (χ3n) is 4.90. The zero-order chi connectivity index (χ0) is 21.3. The predicted octanol–water partition coefficient (Wildman–Crippen LogP) is 3.53. The summed E-state index contributed by atoms with van der Waals surface area (Å²) in [7, 11) is 1.61. The van der Waals surface area contributed by atoms with Crippen LogP contribution in [-0.2, 0) is 11.3 Å². The maximum Gasteiger partial charge on any atom is 0.191 e. The van der Waals surface area contributed by atoms with Crippen LogP contribution < -0.4 is 20.1 Å². The van der Waals surface area contributed by atoms with Gasteiger partial charge in [-0.15, -0.1) is 24.0 Å². The Labute approximate surface area is 202 Å². The molecule has 172 valence electrons. The molecule has 1 fully saturated rings. The van der Waals surface area contributed by atoms with Crippen LogP contribution in [0.5, 0.6) is 11.5 Å². The molecule has 1 aliphatic rings. The van der Waals surface area contributed by atoms with E-state index in [0.717, 1.165) is 50.9 Å². The summed E-state index contributed by atoms with van der Waals surface area (Å²) in [6.07, 6.45) is 0. The molecule has 0 amide bonds.